The number of benzene rings is 1. The van der Waals surface area contributed by atoms with Gasteiger partial charge in [-0.2, -0.15) is 0 Å². The molecule has 0 heterocycles. The third-order valence-corrected chi connectivity index (χ3v) is 3.44. The minimum Gasteiger partial charge on any atom is -0.478 e. The van der Waals surface area contributed by atoms with Crippen molar-refractivity contribution in [2.24, 2.45) is 0 Å². The molecule has 0 atom stereocenters. The predicted molar refractivity (Wildman–Crippen MR) is 75.7 cm³/mol. The summed E-state index contributed by atoms with van der Waals surface area (Å²) in [6, 6.07) is 4.71. The van der Waals surface area contributed by atoms with E-state index in [0.29, 0.717) is 16.6 Å². The maximum absolute atomic E-state index is 10.7. The number of hydrogen-bond acceptors (Lipinski definition) is 3. The lowest BCUT2D eigenvalue weighted by Gasteiger charge is -1.98. The third kappa shape index (κ3) is 4.94. The second-order valence-corrected chi connectivity index (χ2v) is 5.52. The Kier molecular flexibility index (Phi) is 5.96. The number of carbonyl (C=O) groups excluding carboxylic acids is 1. The van der Waals surface area contributed by atoms with Crippen LogP contribution in [-0.4, -0.2) is 21.9 Å². The zero-order valence-electron chi connectivity index (χ0n) is 9.70. The van der Waals surface area contributed by atoms with Crippen molar-refractivity contribution in [2.45, 2.75) is 13.3 Å². The molecule has 1 aromatic rings. The number of halogens is 1. The van der Waals surface area contributed by atoms with E-state index < -0.39 is 5.97 Å². The fourth-order valence-electron chi connectivity index (χ4n) is 1.15. The van der Waals surface area contributed by atoms with Crippen molar-refractivity contribution in [3.05, 3.63) is 33.8 Å². The zero-order valence-corrected chi connectivity index (χ0v) is 12.1. The average molecular weight is 327 g/mol. The molecule has 3 nitrogen and oxygen atoms in total. The van der Waals surface area contributed by atoms with Gasteiger partial charge < -0.3 is 5.11 Å². The van der Waals surface area contributed by atoms with E-state index in [2.05, 4.69) is 27.8 Å². The molecular weight excluding hydrogens is 316 g/mol. The largest absolute Gasteiger partial charge is 0.478 e. The Morgan fingerprint density at radius 1 is 1.44 bits per heavy atom. The highest BCUT2D eigenvalue weighted by Crippen LogP contribution is 2.17. The van der Waals surface area contributed by atoms with Gasteiger partial charge in [0.25, 0.3) is 0 Å². The van der Waals surface area contributed by atoms with Crippen molar-refractivity contribution >= 4 is 38.8 Å². The summed E-state index contributed by atoms with van der Waals surface area (Å²) in [5.41, 5.74) is 0.965. The van der Waals surface area contributed by atoms with Gasteiger partial charge in [0.05, 0.1) is 5.56 Å². The van der Waals surface area contributed by atoms with Crippen LogP contribution in [0.5, 0.6) is 0 Å². The molecule has 0 radical (unpaired) electrons. The molecule has 0 saturated heterocycles. The molecule has 5 heteroatoms. The van der Waals surface area contributed by atoms with E-state index in [1.165, 1.54) is 30.8 Å². The van der Waals surface area contributed by atoms with Crippen molar-refractivity contribution < 1.29 is 14.7 Å². The van der Waals surface area contributed by atoms with Gasteiger partial charge in [0, 0.05) is 29.1 Å². The summed E-state index contributed by atoms with van der Waals surface area (Å²) < 4.78 is 0.661. The first-order chi connectivity index (χ1) is 8.50. The van der Waals surface area contributed by atoms with Crippen molar-refractivity contribution in [1.82, 2.24) is 0 Å². The summed E-state index contributed by atoms with van der Waals surface area (Å²) in [6.07, 6.45) is 0.622. The lowest BCUT2D eigenvalue weighted by molar-refractivity contribution is -0.109. The Labute approximate surface area is 118 Å². The first-order valence-electron chi connectivity index (χ1n) is 5.16. The van der Waals surface area contributed by atoms with Crippen molar-refractivity contribution in [3.63, 3.8) is 0 Å². The summed E-state index contributed by atoms with van der Waals surface area (Å²) in [5.74, 6) is 5.59. The quantitative estimate of drug-likeness (QED) is 0.684. The molecular formula is C13H11BrO3S. The number of carbonyl (C=O) groups is 2. The van der Waals surface area contributed by atoms with Crippen LogP contribution in [0.1, 0.15) is 29.3 Å². The average Bonchev–Trinajstić information content (AvgIpc) is 2.29. The fraction of sp³-hybridized carbons (Fsp3) is 0.231. The summed E-state index contributed by atoms with van der Waals surface area (Å²) in [5, 5.41) is 8.89. The molecule has 0 unspecified atom stereocenters. The highest BCUT2D eigenvalue weighted by molar-refractivity contribution is 9.10. The van der Waals surface area contributed by atoms with Gasteiger partial charge >= 0.3 is 5.97 Å². The fourth-order valence-corrected chi connectivity index (χ4v) is 2.12. The van der Waals surface area contributed by atoms with E-state index in [0.717, 1.165) is 5.56 Å². The summed E-state index contributed by atoms with van der Waals surface area (Å²) in [7, 11) is 0. The van der Waals surface area contributed by atoms with Gasteiger partial charge in [-0.3, -0.25) is 4.79 Å². The Morgan fingerprint density at radius 2 is 2.17 bits per heavy atom. The Morgan fingerprint density at radius 3 is 2.72 bits per heavy atom. The number of carboxylic acid groups (broad SMARTS) is 1. The maximum Gasteiger partial charge on any atom is 0.335 e. The van der Waals surface area contributed by atoms with E-state index in [1.807, 2.05) is 0 Å². The number of carboxylic acids is 1. The Hall–Kier alpha value is -1.25. The monoisotopic (exact) mass is 326 g/mol. The number of aromatic carboxylic acids is 1. The van der Waals surface area contributed by atoms with Crippen LogP contribution in [0.3, 0.4) is 0 Å². The summed E-state index contributed by atoms with van der Waals surface area (Å²) in [6.45, 7) is 1.53. The van der Waals surface area contributed by atoms with Crippen LogP contribution in [0.4, 0.5) is 0 Å². The van der Waals surface area contributed by atoms with Crippen LogP contribution < -0.4 is 0 Å². The van der Waals surface area contributed by atoms with Gasteiger partial charge in [-0.15, -0.1) is 0 Å². The first-order valence-corrected chi connectivity index (χ1v) is 6.93. The van der Waals surface area contributed by atoms with Crippen LogP contribution in [0.2, 0.25) is 0 Å². The van der Waals surface area contributed by atoms with Gasteiger partial charge in [-0.05, 0) is 34.1 Å². The normalized spacial score (nSPS) is 9.44. The summed E-state index contributed by atoms with van der Waals surface area (Å²) in [4.78, 5) is 21.4. The standard InChI is InChI=1S/C13H11BrO3S/c1-9(15)18-7-3-2-4-10-5-6-11(13(16)17)8-12(10)14/h5-6,8H,3,7H2,1H3,(H,16,17). The first kappa shape index (κ1) is 14.8. The van der Waals surface area contributed by atoms with E-state index >= 15 is 0 Å². The third-order valence-electron chi connectivity index (χ3n) is 1.97. The molecule has 0 aromatic heterocycles. The van der Waals surface area contributed by atoms with Crippen molar-refractivity contribution in [1.29, 1.82) is 0 Å². The van der Waals surface area contributed by atoms with Crippen LogP contribution in [0.15, 0.2) is 22.7 Å². The molecule has 18 heavy (non-hydrogen) atoms. The van der Waals surface area contributed by atoms with E-state index in [4.69, 9.17) is 5.11 Å². The topological polar surface area (TPSA) is 54.4 Å². The number of thioether (sulfide) groups is 1. The lowest BCUT2D eigenvalue weighted by atomic mass is 10.1. The molecule has 0 fully saturated rings. The Bertz CT molecular complexity index is 529. The highest BCUT2D eigenvalue weighted by atomic mass is 79.9. The van der Waals surface area contributed by atoms with Crippen LogP contribution >= 0.6 is 27.7 Å². The van der Waals surface area contributed by atoms with E-state index in [1.54, 1.807) is 6.07 Å². The minimum absolute atomic E-state index is 0.0868. The molecule has 0 saturated carbocycles. The van der Waals surface area contributed by atoms with Crippen LogP contribution in [0, 0.1) is 11.8 Å². The molecule has 0 aliphatic carbocycles. The molecule has 1 N–H and O–H groups in total. The second-order valence-electron chi connectivity index (χ2n) is 3.39. The minimum atomic E-state index is -0.965. The van der Waals surface area contributed by atoms with Gasteiger partial charge in [0.1, 0.15) is 0 Å². The number of rotatable bonds is 3. The Balaban J connectivity index is 2.65. The lowest BCUT2D eigenvalue weighted by Crippen LogP contribution is -1.96. The molecule has 0 amide bonds. The van der Waals surface area contributed by atoms with Crippen LogP contribution in [0.25, 0.3) is 0 Å². The maximum atomic E-state index is 10.7. The smallest absolute Gasteiger partial charge is 0.335 e. The molecule has 0 aliphatic heterocycles. The second kappa shape index (κ2) is 7.24. The van der Waals surface area contributed by atoms with Crippen LogP contribution in [-0.2, 0) is 4.79 Å². The van der Waals surface area contributed by atoms with E-state index in [9.17, 15) is 9.59 Å². The molecule has 94 valence electrons. The van der Waals surface area contributed by atoms with Gasteiger partial charge in [0.2, 0.25) is 0 Å². The molecule has 0 spiro atoms. The van der Waals surface area contributed by atoms with E-state index in [-0.39, 0.29) is 10.7 Å². The molecule has 0 bridgehead atoms. The molecule has 1 aromatic carbocycles. The number of hydrogen-bond donors (Lipinski definition) is 1. The predicted octanol–water partition coefficient (Wildman–Crippen LogP) is 3.17. The zero-order chi connectivity index (χ0) is 13.5. The van der Waals surface area contributed by atoms with Gasteiger partial charge in [-0.25, -0.2) is 4.79 Å². The van der Waals surface area contributed by atoms with Crippen molar-refractivity contribution in [3.8, 4) is 11.8 Å². The summed E-state index contributed by atoms with van der Waals surface area (Å²) >= 11 is 4.53. The SMILES string of the molecule is CC(=O)SCCC#Cc1ccc(C(=O)O)cc1Br. The van der Waals surface area contributed by atoms with Gasteiger partial charge in [0.15, 0.2) is 5.12 Å². The molecule has 0 aliphatic rings. The van der Waals surface area contributed by atoms with Gasteiger partial charge in [-0.1, -0.05) is 23.6 Å². The van der Waals surface area contributed by atoms with Crippen molar-refractivity contribution in [2.75, 3.05) is 5.75 Å². The highest BCUT2D eigenvalue weighted by Gasteiger charge is 2.04. The molecule has 1 rings (SSSR count).